The molecule has 4 saturated heterocycles. The molecule has 4 saturated carbocycles. The number of ether oxygens (including phenoxy) is 8. The number of allylic oxidation sites excluding steroid dienone is 1. The van der Waals surface area contributed by atoms with Crippen LogP contribution < -0.4 is 0 Å². The highest BCUT2D eigenvalue weighted by Gasteiger charge is 2.74. The van der Waals surface area contributed by atoms with Crippen molar-refractivity contribution in [1.29, 1.82) is 0 Å². The Morgan fingerprint density at radius 1 is 0.500 bits per heavy atom. The fraction of sp³-hybridized carbons (Fsp3) is 0.963. The molecule has 22 nitrogen and oxygen atoms in total. The largest absolute Gasteiger partial charge is 0.396 e. The number of aliphatic hydroxyl groups is 14. The van der Waals surface area contributed by atoms with Gasteiger partial charge in [0.2, 0.25) is 0 Å². The van der Waals surface area contributed by atoms with E-state index in [1.807, 2.05) is 6.92 Å². The van der Waals surface area contributed by atoms with Crippen LogP contribution in [0.25, 0.3) is 0 Å². The van der Waals surface area contributed by atoms with Crippen LogP contribution in [0.3, 0.4) is 0 Å². The molecule has 4 unspecified atom stereocenters. The number of fused-ring (bicyclic) bond motifs is 7. The van der Waals surface area contributed by atoms with Crippen LogP contribution in [0.1, 0.15) is 113 Å². The minimum absolute atomic E-state index is 0.00116. The van der Waals surface area contributed by atoms with Crippen molar-refractivity contribution in [3.8, 4) is 0 Å². The highest BCUT2D eigenvalue weighted by molar-refractivity contribution is 5.32. The molecule has 76 heavy (non-hydrogen) atoms. The first-order chi connectivity index (χ1) is 35.6. The van der Waals surface area contributed by atoms with Gasteiger partial charge in [-0.2, -0.15) is 0 Å². The molecular weight excluding hydrogens is 1000 g/mol. The summed E-state index contributed by atoms with van der Waals surface area (Å²) in [6, 6.07) is 0. The Hall–Kier alpha value is -1.14. The summed E-state index contributed by atoms with van der Waals surface area (Å²) in [5, 5.41) is 156. The average Bonchev–Trinajstić information content (AvgIpc) is 3.58. The first-order valence-electron chi connectivity index (χ1n) is 27.8. The van der Waals surface area contributed by atoms with Crippen LogP contribution in [0.5, 0.6) is 0 Å². The maximum Gasteiger partial charge on any atom is 0.187 e. The average molecular weight is 1090 g/mol. The lowest BCUT2D eigenvalue weighted by Gasteiger charge is -2.74. The molecule has 0 radical (unpaired) electrons. The Balaban J connectivity index is 1.00. The van der Waals surface area contributed by atoms with Gasteiger partial charge in [-0.25, -0.2) is 0 Å². The first-order valence-corrected chi connectivity index (χ1v) is 27.8. The van der Waals surface area contributed by atoms with E-state index >= 15 is 0 Å². The predicted octanol–water partition coefficient (Wildman–Crippen LogP) is -1.56. The topological polar surface area (TPSA) is 357 Å². The second-order valence-corrected chi connectivity index (χ2v) is 26.4. The highest BCUT2D eigenvalue weighted by atomic mass is 16.8. The lowest BCUT2D eigenvalue weighted by molar-refractivity contribution is -0.403. The van der Waals surface area contributed by atoms with Gasteiger partial charge >= 0.3 is 0 Å². The van der Waals surface area contributed by atoms with E-state index in [4.69, 9.17) is 37.9 Å². The quantitative estimate of drug-likeness (QED) is 0.0776. The predicted molar refractivity (Wildman–Crippen MR) is 263 cm³/mol. The van der Waals surface area contributed by atoms with Gasteiger partial charge in [-0.1, -0.05) is 53.7 Å². The van der Waals surface area contributed by atoms with Crippen molar-refractivity contribution in [3.63, 3.8) is 0 Å². The third-order valence-electron chi connectivity index (χ3n) is 21.8. The van der Waals surface area contributed by atoms with Crippen LogP contribution in [-0.2, 0) is 37.9 Å². The van der Waals surface area contributed by atoms with Gasteiger partial charge in [-0.15, -0.1) is 0 Å². The molecule has 0 aromatic heterocycles. The van der Waals surface area contributed by atoms with Crippen LogP contribution in [0.15, 0.2) is 12.2 Å². The van der Waals surface area contributed by atoms with Gasteiger partial charge in [0, 0.05) is 23.4 Å². The van der Waals surface area contributed by atoms with Crippen LogP contribution >= 0.6 is 0 Å². The van der Waals surface area contributed by atoms with Crippen LogP contribution in [0.2, 0.25) is 0 Å². The lowest BCUT2D eigenvalue weighted by Crippen LogP contribution is -2.73. The standard InChI is InChI=1S/C54H90O22/c1-24-32(59)35(62)38(65)44(69-24)74-41-27(21-56)72-46(40(67)37(41)64)75-42-33(60)25(2)70-47(43(42)76-45-39(66)36(63)34(61)26(20-55)71-45)73-31-11-12-49(5)28(50(31,6)22-57)9-13-51(7)29(49)10-14-54(68)30-19-48(3,4)15-17-53(30,23-58)18-16-52(51,54)8/h10,14,24-47,55-68H,9,11-13,15-23H2,1-8H3/t24-,25+,26+,27+,28+,29+,30+,31-,32-,33-,34?,35+,36?,37+,38+,39?,40+,41+,42-,43+,44-,45?,46-,47-,49-,50-,51+,52-,53+,54-/m0/s1. The van der Waals surface area contributed by atoms with E-state index in [-0.39, 0.29) is 47.2 Å². The van der Waals surface area contributed by atoms with Crippen LogP contribution in [0, 0.1) is 50.2 Å². The summed E-state index contributed by atoms with van der Waals surface area (Å²) in [4.78, 5) is 0. The molecule has 0 aromatic carbocycles. The fourth-order valence-electron chi connectivity index (χ4n) is 16.6. The van der Waals surface area contributed by atoms with E-state index in [9.17, 15) is 71.5 Å². The van der Waals surface area contributed by atoms with Crippen molar-refractivity contribution in [2.45, 2.75) is 248 Å². The van der Waals surface area contributed by atoms with Crippen molar-refractivity contribution < 1.29 is 109 Å². The summed E-state index contributed by atoms with van der Waals surface area (Å²) in [5.74, 6) is -0.314. The Bertz CT molecular complexity index is 2050. The summed E-state index contributed by atoms with van der Waals surface area (Å²) in [7, 11) is 0. The van der Waals surface area contributed by atoms with E-state index in [0.29, 0.717) is 19.3 Å². The Labute approximate surface area is 444 Å². The molecule has 4 heterocycles. The van der Waals surface area contributed by atoms with Crippen LogP contribution in [-0.4, -0.2) is 232 Å². The first kappa shape index (κ1) is 59.5. The number of hydrogen-bond acceptors (Lipinski definition) is 22. The summed E-state index contributed by atoms with van der Waals surface area (Å²) >= 11 is 0. The van der Waals surface area contributed by atoms with Gasteiger partial charge in [-0.05, 0) is 105 Å². The molecule has 22 heteroatoms. The lowest BCUT2D eigenvalue weighted by atomic mass is 9.31. The van der Waals surface area contributed by atoms with Crippen molar-refractivity contribution in [3.05, 3.63) is 12.2 Å². The van der Waals surface area contributed by atoms with Gasteiger partial charge in [0.1, 0.15) is 85.5 Å². The Morgan fingerprint density at radius 3 is 1.68 bits per heavy atom. The molecule has 8 fully saturated rings. The molecule has 9 aliphatic rings. The zero-order valence-electron chi connectivity index (χ0n) is 45.2. The zero-order chi connectivity index (χ0) is 55.6. The van der Waals surface area contributed by atoms with E-state index in [2.05, 4.69) is 46.8 Å². The maximum atomic E-state index is 13.3. The summed E-state index contributed by atoms with van der Waals surface area (Å²) in [5.41, 5.74) is -3.84. The number of rotatable bonds is 12. The third kappa shape index (κ3) is 9.23. The second-order valence-electron chi connectivity index (χ2n) is 26.4. The third-order valence-corrected chi connectivity index (χ3v) is 21.8. The molecule has 9 rings (SSSR count). The van der Waals surface area contributed by atoms with Crippen molar-refractivity contribution in [1.82, 2.24) is 0 Å². The van der Waals surface area contributed by atoms with Crippen LogP contribution in [0.4, 0.5) is 0 Å². The normalized spacial score (nSPS) is 57.2. The van der Waals surface area contributed by atoms with Gasteiger partial charge in [0.05, 0.1) is 43.7 Å². The molecule has 438 valence electrons. The Morgan fingerprint density at radius 2 is 1.05 bits per heavy atom. The SMILES string of the molecule is C[C@@H]1O[C@@H](O[C@H]2[C@H](O)[C@@H](O)[C@H](O[C@H]3[C@@H](O)[C@@H](C)O[C@@H](O[C@H]4CC[C@@]5(C)[C@@H](CC[C@]6(C)[C@@H]5C=C[C@]5(O)[C@@H]7CC(C)(C)CC[C@]7(CO)CC[C@]56C)[C@]4(C)CO)[C@@H]3OC3O[C@H](CO)C(O)C(O)C3O)O[C@@H]2CO)[C@H](O)[C@H](O)[C@H]1O. The molecule has 14 N–H and O–H groups in total. The molecule has 30 atom stereocenters. The molecule has 4 aliphatic heterocycles. The van der Waals surface area contributed by atoms with Crippen molar-refractivity contribution in [2.24, 2.45) is 50.2 Å². The summed E-state index contributed by atoms with van der Waals surface area (Å²) in [6.45, 7) is 14.3. The molecule has 0 spiro atoms. The second kappa shape index (κ2) is 21.2. The molecule has 0 aromatic rings. The van der Waals surface area contributed by atoms with E-state index in [0.717, 1.165) is 38.5 Å². The molecular formula is C54H90O22. The molecule has 0 amide bonds. The zero-order valence-corrected chi connectivity index (χ0v) is 45.2. The fourth-order valence-corrected chi connectivity index (χ4v) is 16.6. The van der Waals surface area contributed by atoms with E-state index in [1.165, 1.54) is 13.8 Å². The van der Waals surface area contributed by atoms with Crippen molar-refractivity contribution in [2.75, 3.05) is 26.4 Å². The van der Waals surface area contributed by atoms with Crippen molar-refractivity contribution >= 4 is 0 Å². The van der Waals surface area contributed by atoms with Gasteiger partial charge < -0.3 is 109 Å². The summed E-state index contributed by atoms with van der Waals surface area (Å²) < 4.78 is 49.2. The minimum Gasteiger partial charge on any atom is -0.396 e. The van der Waals surface area contributed by atoms with E-state index < -0.39 is 164 Å². The van der Waals surface area contributed by atoms with E-state index in [1.54, 1.807) is 0 Å². The summed E-state index contributed by atoms with van der Waals surface area (Å²) in [6.07, 6.45) is -23.0. The Kier molecular flexibility index (Phi) is 16.6. The molecule has 5 aliphatic carbocycles. The van der Waals surface area contributed by atoms with Gasteiger partial charge in [-0.3, -0.25) is 0 Å². The maximum absolute atomic E-state index is 13.3. The minimum atomic E-state index is -2.02. The monoisotopic (exact) mass is 1090 g/mol. The number of aliphatic hydroxyl groups excluding tert-OH is 13. The van der Waals surface area contributed by atoms with Gasteiger partial charge in [0.25, 0.3) is 0 Å². The number of hydrogen-bond donors (Lipinski definition) is 14. The van der Waals surface area contributed by atoms with Gasteiger partial charge in [0.15, 0.2) is 25.2 Å². The highest BCUT2D eigenvalue weighted by Crippen LogP contribution is 2.76. The smallest absolute Gasteiger partial charge is 0.187 e. The molecule has 0 bridgehead atoms.